The molecule has 2 aromatic heterocycles. The van der Waals surface area contributed by atoms with E-state index in [4.69, 9.17) is 0 Å². The fraction of sp³-hybridized carbons (Fsp3) is 0.0370. The molecule has 0 fully saturated rings. The van der Waals surface area contributed by atoms with Crippen molar-refractivity contribution in [2.45, 2.75) is 6.17 Å². The van der Waals surface area contributed by atoms with Gasteiger partial charge in [-0.1, -0.05) is 109 Å². The quantitative estimate of drug-likeness (QED) is 0.153. The highest BCUT2D eigenvalue weighted by Crippen LogP contribution is 2.42. The molecular formula is C54H40N4S. The fourth-order valence-corrected chi connectivity index (χ4v) is 9.90. The highest BCUT2D eigenvalue weighted by atomic mass is 32.1. The predicted octanol–water partition coefficient (Wildman–Crippen LogP) is 14.8. The molecule has 1 aliphatic rings. The van der Waals surface area contributed by atoms with Gasteiger partial charge in [0.2, 0.25) is 0 Å². The van der Waals surface area contributed by atoms with Crippen LogP contribution in [0.1, 0.15) is 0 Å². The number of likely N-dealkylation sites (N-methyl/N-ethyl adjacent to an activating group) is 1. The third-order valence-electron chi connectivity index (χ3n) is 11.6. The number of fused-ring (bicyclic) bond motifs is 6. The number of aromatic nitrogens is 1. The standard InChI is InChI=1S/C54H40N4S/c1-55-35-13-12-22-54(55)57(41-16-6-3-7-17-41)43-30-28-42(29-31-43)56(40-14-4-2-5-15-40)45-32-34-47-46-18-8-10-20-50(46)58(51(47)37-45)44-26-23-38(24-27-44)39-25-33-49-48-19-9-11-21-52(48)59-53(49)36-39/h2-37,54H,1H3. The van der Waals surface area contributed by atoms with E-state index in [9.17, 15) is 0 Å². The van der Waals surface area contributed by atoms with Crippen molar-refractivity contribution in [2.75, 3.05) is 16.8 Å². The zero-order valence-electron chi connectivity index (χ0n) is 32.6. The lowest BCUT2D eigenvalue weighted by molar-refractivity contribution is 0.384. The van der Waals surface area contributed by atoms with E-state index in [0.717, 1.165) is 39.6 Å². The van der Waals surface area contributed by atoms with Gasteiger partial charge in [-0.2, -0.15) is 0 Å². The Hall–Kier alpha value is -7.34. The average Bonchev–Trinajstić information content (AvgIpc) is 3.84. The number of hydrogen-bond donors (Lipinski definition) is 0. The molecular weight excluding hydrogens is 737 g/mol. The number of anilines is 5. The molecule has 11 rings (SSSR count). The molecule has 0 saturated heterocycles. The third-order valence-corrected chi connectivity index (χ3v) is 12.7. The van der Waals surface area contributed by atoms with Crippen molar-refractivity contribution in [2.24, 2.45) is 0 Å². The second-order valence-electron chi connectivity index (χ2n) is 15.1. The molecule has 1 aliphatic heterocycles. The van der Waals surface area contributed by atoms with E-state index >= 15 is 0 Å². The first-order valence-electron chi connectivity index (χ1n) is 20.1. The van der Waals surface area contributed by atoms with Crippen molar-refractivity contribution in [1.82, 2.24) is 9.47 Å². The normalized spacial score (nSPS) is 13.8. The second kappa shape index (κ2) is 14.6. The summed E-state index contributed by atoms with van der Waals surface area (Å²) in [6, 6.07) is 70.6. The van der Waals surface area contributed by atoms with Crippen LogP contribution in [0.15, 0.2) is 219 Å². The summed E-state index contributed by atoms with van der Waals surface area (Å²) in [5.74, 6) is 0. The smallest absolute Gasteiger partial charge is 0.125 e. The van der Waals surface area contributed by atoms with Crippen molar-refractivity contribution >= 4 is 81.8 Å². The van der Waals surface area contributed by atoms with Crippen LogP contribution in [0.25, 0.3) is 58.8 Å². The van der Waals surface area contributed by atoms with Gasteiger partial charge < -0.3 is 19.3 Å². The van der Waals surface area contributed by atoms with E-state index in [0.29, 0.717) is 0 Å². The molecule has 0 N–H and O–H groups in total. The number of allylic oxidation sites excluding steroid dienone is 2. The summed E-state index contributed by atoms with van der Waals surface area (Å²) in [5, 5.41) is 5.12. The maximum absolute atomic E-state index is 2.42. The van der Waals surface area contributed by atoms with Gasteiger partial charge in [0.15, 0.2) is 0 Å². The summed E-state index contributed by atoms with van der Waals surface area (Å²) in [6.07, 6.45) is 8.62. The van der Waals surface area contributed by atoms with Crippen LogP contribution in [-0.4, -0.2) is 22.7 Å². The van der Waals surface area contributed by atoms with Gasteiger partial charge in [-0.15, -0.1) is 11.3 Å². The molecule has 0 saturated carbocycles. The Kier molecular flexibility index (Phi) is 8.60. The number of nitrogens with zero attached hydrogens (tertiary/aromatic N) is 4. The van der Waals surface area contributed by atoms with Crippen LogP contribution in [0, 0.1) is 0 Å². The van der Waals surface area contributed by atoms with Gasteiger partial charge in [0.05, 0.1) is 11.0 Å². The maximum Gasteiger partial charge on any atom is 0.125 e. The van der Waals surface area contributed by atoms with Gasteiger partial charge >= 0.3 is 0 Å². The van der Waals surface area contributed by atoms with Crippen LogP contribution >= 0.6 is 11.3 Å². The van der Waals surface area contributed by atoms with E-state index in [-0.39, 0.29) is 6.17 Å². The van der Waals surface area contributed by atoms with E-state index < -0.39 is 0 Å². The summed E-state index contributed by atoms with van der Waals surface area (Å²) in [4.78, 5) is 6.99. The van der Waals surface area contributed by atoms with Crippen LogP contribution in [0.3, 0.4) is 0 Å². The molecule has 4 nitrogen and oxygen atoms in total. The van der Waals surface area contributed by atoms with Crippen LogP contribution in [0.2, 0.25) is 0 Å². The Labute approximate surface area is 348 Å². The van der Waals surface area contributed by atoms with Gasteiger partial charge in [-0.3, -0.25) is 0 Å². The number of thiophene rings is 1. The summed E-state index contributed by atoms with van der Waals surface area (Å²) < 4.78 is 5.07. The van der Waals surface area contributed by atoms with Crippen LogP contribution in [-0.2, 0) is 0 Å². The minimum absolute atomic E-state index is 0.0436. The van der Waals surface area contributed by atoms with Crippen molar-refractivity contribution < 1.29 is 0 Å². The molecule has 0 radical (unpaired) electrons. The van der Waals surface area contributed by atoms with Gasteiger partial charge in [-0.25, -0.2) is 0 Å². The molecule has 1 unspecified atom stereocenters. The maximum atomic E-state index is 2.42. The Morgan fingerprint density at radius 1 is 0.441 bits per heavy atom. The first-order valence-corrected chi connectivity index (χ1v) is 20.9. The Balaban J connectivity index is 0.999. The SMILES string of the molecule is CN1C=CC=CC1N(c1ccccc1)c1ccc(N(c2ccccc2)c2ccc3c4ccccc4n(-c4ccc(-c5ccc6c(c5)sc5ccccc56)cc4)c3c2)cc1. The first-order chi connectivity index (χ1) is 29.2. The predicted molar refractivity (Wildman–Crippen MR) is 252 cm³/mol. The van der Waals surface area contributed by atoms with E-state index in [2.05, 4.69) is 245 Å². The van der Waals surface area contributed by atoms with Crippen LogP contribution in [0.4, 0.5) is 28.4 Å². The zero-order chi connectivity index (χ0) is 39.3. The molecule has 0 spiro atoms. The fourth-order valence-electron chi connectivity index (χ4n) is 8.76. The van der Waals surface area contributed by atoms with E-state index in [1.807, 2.05) is 11.3 Å². The Morgan fingerprint density at radius 3 is 1.80 bits per heavy atom. The van der Waals surface area contributed by atoms with Crippen molar-refractivity contribution in [3.8, 4) is 16.8 Å². The third kappa shape index (κ3) is 6.15. The van der Waals surface area contributed by atoms with Gasteiger partial charge in [0.1, 0.15) is 6.17 Å². The first kappa shape index (κ1) is 34.9. The van der Waals surface area contributed by atoms with Crippen LogP contribution in [0.5, 0.6) is 0 Å². The van der Waals surface area contributed by atoms with Crippen molar-refractivity contribution in [3.05, 3.63) is 219 Å². The Morgan fingerprint density at radius 2 is 1.02 bits per heavy atom. The van der Waals surface area contributed by atoms with E-state index in [1.54, 1.807) is 0 Å². The number of rotatable bonds is 8. The van der Waals surface area contributed by atoms with Gasteiger partial charge in [-0.05, 0) is 114 Å². The monoisotopic (exact) mass is 776 g/mol. The molecule has 0 bridgehead atoms. The number of para-hydroxylation sites is 3. The zero-order valence-corrected chi connectivity index (χ0v) is 33.4. The summed E-state index contributed by atoms with van der Waals surface area (Å²) >= 11 is 1.86. The number of benzene rings is 8. The largest absolute Gasteiger partial charge is 0.357 e. The second-order valence-corrected chi connectivity index (χ2v) is 16.2. The minimum Gasteiger partial charge on any atom is -0.357 e. The molecule has 3 heterocycles. The highest BCUT2D eigenvalue weighted by molar-refractivity contribution is 7.25. The molecule has 8 aromatic carbocycles. The molecule has 282 valence electrons. The lowest BCUT2D eigenvalue weighted by Gasteiger charge is -2.38. The molecule has 59 heavy (non-hydrogen) atoms. The summed E-state index contributed by atoms with van der Waals surface area (Å²) in [6.45, 7) is 0. The van der Waals surface area contributed by atoms with Gasteiger partial charge in [0.25, 0.3) is 0 Å². The number of hydrogen-bond acceptors (Lipinski definition) is 4. The summed E-state index contributed by atoms with van der Waals surface area (Å²) in [7, 11) is 2.13. The molecule has 0 aliphatic carbocycles. The molecule has 10 aromatic rings. The van der Waals surface area contributed by atoms with Crippen molar-refractivity contribution in [3.63, 3.8) is 0 Å². The lowest BCUT2D eigenvalue weighted by atomic mass is 10.0. The molecule has 0 amide bonds. The minimum atomic E-state index is 0.0436. The average molecular weight is 777 g/mol. The van der Waals surface area contributed by atoms with E-state index in [1.165, 1.54) is 47.6 Å². The molecule has 1 atom stereocenters. The highest BCUT2D eigenvalue weighted by Gasteiger charge is 2.23. The molecule has 5 heteroatoms. The summed E-state index contributed by atoms with van der Waals surface area (Å²) in [5.41, 5.74) is 11.5. The van der Waals surface area contributed by atoms with Gasteiger partial charge in [0, 0.05) is 78.3 Å². The lowest BCUT2D eigenvalue weighted by Crippen LogP contribution is -2.41. The Bertz CT molecular complexity index is 3180. The van der Waals surface area contributed by atoms with Crippen LogP contribution < -0.4 is 9.80 Å². The topological polar surface area (TPSA) is 14.7 Å². The van der Waals surface area contributed by atoms with Crippen molar-refractivity contribution in [1.29, 1.82) is 0 Å².